The Bertz CT molecular complexity index is 553. The van der Waals surface area contributed by atoms with E-state index in [0.717, 1.165) is 5.56 Å². The largest absolute Gasteiger partial charge is 0.496 e. The molecule has 0 saturated carbocycles. The van der Waals surface area contributed by atoms with Gasteiger partial charge in [-0.05, 0) is 6.07 Å². The van der Waals surface area contributed by atoms with Crippen molar-refractivity contribution in [2.45, 2.75) is 13.0 Å². The van der Waals surface area contributed by atoms with Crippen molar-refractivity contribution in [1.82, 2.24) is 14.3 Å². The number of hydrogen-bond donors (Lipinski definition) is 2. The first-order chi connectivity index (χ1) is 9.60. The third kappa shape index (κ3) is 4.08. The molecule has 1 aromatic rings. The van der Waals surface area contributed by atoms with Gasteiger partial charge in [-0.1, -0.05) is 25.1 Å². The second-order valence-corrected chi connectivity index (χ2v) is 6.28. The highest BCUT2D eigenvalue weighted by molar-refractivity contribution is 7.87. The van der Waals surface area contributed by atoms with Gasteiger partial charge in [0.05, 0.1) is 13.2 Å². The number of nitrogens with one attached hydrogen (secondary N) is 2. The lowest BCUT2D eigenvalue weighted by atomic mass is 10.0. The van der Waals surface area contributed by atoms with Crippen molar-refractivity contribution < 1.29 is 13.2 Å². The highest BCUT2D eigenvalue weighted by Gasteiger charge is 2.34. The Kier molecular flexibility index (Phi) is 6.89. The molecule has 2 rings (SSSR count). The van der Waals surface area contributed by atoms with E-state index in [1.165, 1.54) is 4.31 Å². The highest BCUT2D eigenvalue weighted by atomic mass is 35.5. The molecule has 1 unspecified atom stereocenters. The van der Waals surface area contributed by atoms with E-state index in [4.69, 9.17) is 4.74 Å². The zero-order chi connectivity index (χ0) is 14.6. The molecule has 0 spiro atoms. The molecule has 0 radical (unpaired) electrons. The Labute approximate surface area is 132 Å². The number of nitrogens with zero attached hydrogens (tertiary/aromatic N) is 1. The SMILES string of the molecule is CCNS(=O)(=O)N1CCNCC1c1ccccc1OC.Cl. The Balaban J connectivity index is 0.00000220. The van der Waals surface area contributed by atoms with Crippen LogP contribution in [-0.4, -0.2) is 46.0 Å². The fraction of sp³-hybridized carbons (Fsp3) is 0.538. The van der Waals surface area contributed by atoms with Crippen LogP contribution in [0.5, 0.6) is 5.75 Å². The molecule has 0 amide bonds. The number of halogens is 1. The van der Waals surface area contributed by atoms with Gasteiger partial charge in [-0.15, -0.1) is 12.4 Å². The summed E-state index contributed by atoms with van der Waals surface area (Å²) >= 11 is 0. The van der Waals surface area contributed by atoms with Crippen LogP contribution in [-0.2, 0) is 10.2 Å². The van der Waals surface area contributed by atoms with Crippen molar-refractivity contribution in [2.75, 3.05) is 33.3 Å². The molecule has 1 saturated heterocycles. The summed E-state index contributed by atoms with van der Waals surface area (Å²) in [7, 11) is -1.87. The molecule has 1 atom stereocenters. The smallest absolute Gasteiger partial charge is 0.280 e. The Morgan fingerprint density at radius 1 is 1.43 bits per heavy atom. The summed E-state index contributed by atoms with van der Waals surface area (Å²) in [5.74, 6) is 0.706. The van der Waals surface area contributed by atoms with Crippen LogP contribution >= 0.6 is 12.4 Å². The molecular weight excluding hydrogens is 314 g/mol. The summed E-state index contributed by atoms with van der Waals surface area (Å²) < 4.78 is 34.0. The van der Waals surface area contributed by atoms with Crippen molar-refractivity contribution in [3.8, 4) is 5.75 Å². The molecule has 0 bridgehead atoms. The summed E-state index contributed by atoms with van der Waals surface area (Å²) in [6, 6.07) is 7.27. The molecule has 0 aliphatic carbocycles. The van der Waals surface area contributed by atoms with Crippen LogP contribution in [0.2, 0.25) is 0 Å². The fourth-order valence-electron chi connectivity index (χ4n) is 2.45. The molecule has 1 aliphatic rings. The number of rotatable bonds is 5. The zero-order valence-corrected chi connectivity index (χ0v) is 13.8. The lowest BCUT2D eigenvalue weighted by molar-refractivity contribution is 0.262. The van der Waals surface area contributed by atoms with Gasteiger partial charge in [-0.3, -0.25) is 0 Å². The Morgan fingerprint density at radius 2 is 2.14 bits per heavy atom. The summed E-state index contributed by atoms with van der Waals surface area (Å²) in [4.78, 5) is 0. The quantitative estimate of drug-likeness (QED) is 0.839. The van der Waals surface area contributed by atoms with Crippen LogP contribution in [0.1, 0.15) is 18.5 Å². The van der Waals surface area contributed by atoms with E-state index in [1.807, 2.05) is 24.3 Å². The molecule has 1 fully saturated rings. The number of hydrogen-bond acceptors (Lipinski definition) is 4. The van der Waals surface area contributed by atoms with Crippen molar-refractivity contribution >= 4 is 22.6 Å². The lowest BCUT2D eigenvalue weighted by Gasteiger charge is -2.35. The standard InChI is InChI=1S/C13H21N3O3S.ClH/c1-3-15-20(17,18)16-9-8-14-10-12(16)11-6-4-5-7-13(11)19-2;/h4-7,12,14-15H,3,8-10H2,1-2H3;1H. The van der Waals surface area contributed by atoms with Gasteiger partial charge in [0.25, 0.3) is 10.2 Å². The predicted molar refractivity (Wildman–Crippen MR) is 85.2 cm³/mol. The molecule has 1 aromatic carbocycles. The minimum Gasteiger partial charge on any atom is -0.496 e. The van der Waals surface area contributed by atoms with E-state index in [1.54, 1.807) is 14.0 Å². The minimum atomic E-state index is -3.47. The van der Waals surface area contributed by atoms with Crippen LogP contribution in [0.4, 0.5) is 0 Å². The summed E-state index contributed by atoms with van der Waals surface area (Å²) in [5.41, 5.74) is 0.878. The summed E-state index contributed by atoms with van der Waals surface area (Å²) in [6.07, 6.45) is 0. The zero-order valence-electron chi connectivity index (χ0n) is 12.2. The van der Waals surface area contributed by atoms with Gasteiger partial charge in [0.2, 0.25) is 0 Å². The van der Waals surface area contributed by atoms with Gasteiger partial charge in [0, 0.05) is 31.7 Å². The van der Waals surface area contributed by atoms with Crippen LogP contribution < -0.4 is 14.8 Å². The Morgan fingerprint density at radius 3 is 2.81 bits per heavy atom. The molecule has 21 heavy (non-hydrogen) atoms. The first kappa shape index (κ1) is 18.2. The van der Waals surface area contributed by atoms with E-state index >= 15 is 0 Å². The Hall–Kier alpha value is -0.860. The average Bonchev–Trinajstić information content (AvgIpc) is 2.47. The number of piperazine rings is 1. The van der Waals surface area contributed by atoms with Gasteiger partial charge in [0.1, 0.15) is 5.75 Å². The normalized spacial score (nSPS) is 19.8. The van der Waals surface area contributed by atoms with Crippen molar-refractivity contribution in [2.24, 2.45) is 0 Å². The molecule has 1 heterocycles. The van der Waals surface area contributed by atoms with Crippen LogP contribution in [0.3, 0.4) is 0 Å². The minimum absolute atomic E-state index is 0. The maximum Gasteiger partial charge on any atom is 0.280 e. The van der Waals surface area contributed by atoms with Gasteiger partial charge in [-0.2, -0.15) is 12.7 Å². The maximum atomic E-state index is 12.3. The van der Waals surface area contributed by atoms with Gasteiger partial charge < -0.3 is 10.1 Å². The lowest BCUT2D eigenvalue weighted by Crippen LogP contribution is -2.52. The molecule has 8 heteroatoms. The van der Waals surface area contributed by atoms with Crippen LogP contribution in [0, 0.1) is 0 Å². The average molecular weight is 336 g/mol. The van der Waals surface area contributed by atoms with E-state index < -0.39 is 10.2 Å². The number of ether oxygens (including phenoxy) is 1. The summed E-state index contributed by atoms with van der Waals surface area (Å²) in [5, 5.41) is 3.24. The first-order valence-electron chi connectivity index (χ1n) is 6.70. The number of para-hydroxylation sites is 1. The van der Waals surface area contributed by atoms with Gasteiger partial charge in [0.15, 0.2) is 0 Å². The molecule has 120 valence electrons. The fourth-order valence-corrected chi connectivity index (χ4v) is 3.83. The van der Waals surface area contributed by atoms with Crippen molar-refractivity contribution in [3.63, 3.8) is 0 Å². The molecule has 6 nitrogen and oxygen atoms in total. The monoisotopic (exact) mass is 335 g/mol. The highest BCUT2D eigenvalue weighted by Crippen LogP contribution is 2.31. The van der Waals surface area contributed by atoms with Crippen molar-refractivity contribution in [3.05, 3.63) is 29.8 Å². The number of methoxy groups -OCH3 is 1. The second-order valence-electron chi connectivity index (χ2n) is 4.58. The molecule has 0 aromatic heterocycles. The molecule has 2 N–H and O–H groups in total. The topological polar surface area (TPSA) is 70.7 Å². The number of benzene rings is 1. The maximum absolute atomic E-state index is 12.3. The van der Waals surface area contributed by atoms with Gasteiger partial charge >= 0.3 is 0 Å². The van der Waals surface area contributed by atoms with Gasteiger partial charge in [-0.25, -0.2) is 4.72 Å². The third-order valence-corrected chi connectivity index (χ3v) is 5.04. The first-order valence-corrected chi connectivity index (χ1v) is 8.14. The van der Waals surface area contributed by atoms with E-state index in [9.17, 15) is 8.42 Å². The van der Waals surface area contributed by atoms with E-state index in [0.29, 0.717) is 31.9 Å². The second kappa shape index (κ2) is 7.95. The third-order valence-electron chi connectivity index (χ3n) is 3.33. The van der Waals surface area contributed by atoms with E-state index in [2.05, 4.69) is 10.0 Å². The summed E-state index contributed by atoms with van der Waals surface area (Å²) in [6.45, 7) is 3.82. The van der Waals surface area contributed by atoms with Crippen molar-refractivity contribution in [1.29, 1.82) is 0 Å². The van der Waals surface area contributed by atoms with Crippen LogP contribution in [0.15, 0.2) is 24.3 Å². The predicted octanol–water partition coefficient (Wildman–Crippen LogP) is 0.918. The molecular formula is C13H22ClN3O3S. The van der Waals surface area contributed by atoms with Crippen LogP contribution in [0.25, 0.3) is 0 Å². The van der Waals surface area contributed by atoms with E-state index in [-0.39, 0.29) is 18.4 Å². The molecule has 1 aliphatic heterocycles.